The highest BCUT2D eigenvalue weighted by molar-refractivity contribution is 7.90. The maximum atomic E-state index is 12.7. The molecule has 0 radical (unpaired) electrons. The maximum Gasteiger partial charge on any atom is 0.339 e. The summed E-state index contributed by atoms with van der Waals surface area (Å²) < 4.78 is 35.9. The monoisotopic (exact) mass is 390 g/mol. The molecule has 8 heteroatoms. The van der Waals surface area contributed by atoms with Crippen molar-refractivity contribution in [3.05, 3.63) is 65.4 Å². The molecule has 0 spiro atoms. The van der Waals surface area contributed by atoms with Gasteiger partial charge in [0.1, 0.15) is 17.1 Å². The summed E-state index contributed by atoms with van der Waals surface area (Å²) in [6.07, 6.45) is 3.32. The van der Waals surface area contributed by atoms with E-state index in [9.17, 15) is 23.4 Å². The number of methoxy groups -OCH3 is 1. The average molecular weight is 390 g/mol. The smallest absolute Gasteiger partial charge is 0.339 e. The van der Waals surface area contributed by atoms with Gasteiger partial charge in [0.15, 0.2) is 9.84 Å². The Morgan fingerprint density at radius 3 is 2.67 bits per heavy atom. The second kappa shape index (κ2) is 7.32. The molecule has 3 rings (SSSR count). The van der Waals surface area contributed by atoms with Crippen LogP contribution >= 0.6 is 0 Å². The Morgan fingerprint density at radius 1 is 1.30 bits per heavy atom. The summed E-state index contributed by atoms with van der Waals surface area (Å²) in [6, 6.07) is 8.38. The topological polar surface area (TPSA) is 110 Å². The minimum Gasteiger partial charge on any atom is -0.508 e. The molecule has 0 saturated carbocycles. The number of rotatable bonds is 6. The van der Waals surface area contributed by atoms with Gasteiger partial charge >= 0.3 is 5.97 Å². The molecule has 0 aromatic heterocycles. The third-order valence-electron chi connectivity index (χ3n) is 4.30. The van der Waals surface area contributed by atoms with Crippen LogP contribution in [0.3, 0.4) is 0 Å². The number of sulfone groups is 1. The SMILES string of the molecule is COc1c(C2C=COC2)ccc(CS(=O)(=O)c2cccc(O)c2)c1C(=O)O. The standard InChI is InChI=1S/C19H18O7S/c1-25-18-16(12-7-8-26-10-12)6-5-13(17(18)19(21)22)11-27(23,24)15-4-2-3-14(20)9-15/h2-9,12,20H,10-11H2,1H3,(H,21,22). The molecule has 1 aliphatic heterocycles. The molecular formula is C19H18O7S. The third kappa shape index (κ3) is 3.75. The number of phenolic OH excluding ortho intramolecular Hbond substituents is 1. The van der Waals surface area contributed by atoms with Crippen LogP contribution in [0.2, 0.25) is 0 Å². The van der Waals surface area contributed by atoms with E-state index in [1.165, 1.54) is 37.6 Å². The Labute approximate surface area is 156 Å². The number of aromatic carboxylic acids is 1. The maximum absolute atomic E-state index is 12.7. The van der Waals surface area contributed by atoms with E-state index in [1.807, 2.05) is 0 Å². The van der Waals surface area contributed by atoms with Gasteiger partial charge in [0, 0.05) is 11.5 Å². The van der Waals surface area contributed by atoms with Crippen LogP contribution in [0.1, 0.15) is 27.4 Å². The summed E-state index contributed by atoms with van der Waals surface area (Å²) in [7, 11) is -2.52. The van der Waals surface area contributed by atoms with E-state index in [0.717, 1.165) is 6.07 Å². The van der Waals surface area contributed by atoms with E-state index < -0.39 is 21.6 Å². The van der Waals surface area contributed by atoms with E-state index >= 15 is 0 Å². The predicted octanol–water partition coefficient (Wildman–Crippen LogP) is 2.70. The minimum absolute atomic E-state index is 0.0889. The van der Waals surface area contributed by atoms with E-state index in [0.29, 0.717) is 12.2 Å². The van der Waals surface area contributed by atoms with Crippen LogP contribution in [0, 0.1) is 0 Å². The minimum atomic E-state index is -3.87. The van der Waals surface area contributed by atoms with Crippen LogP contribution in [0.5, 0.6) is 11.5 Å². The molecule has 2 aromatic rings. The highest BCUT2D eigenvalue weighted by Crippen LogP contribution is 2.36. The van der Waals surface area contributed by atoms with Gasteiger partial charge in [0.05, 0.1) is 30.6 Å². The zero-order valence-electron chi connectivity index (χ0n) is 14.5. The first-order valence-electron chi connectivity index (χ1n) is 8.06. The van der Waals surface area contributed by atoms with Gasteiger partial charge in [0.25, 0.3) is 0 Å². The average Bonchev–Trinajstić information content (AvgIpc) is 3.15. The number of carboxylic acid groups (broad SMARTS) is 1. The molecule has 27 heavy (non-hydrogen) atoms. The van der Waals surface area contributed by atoms with Crippen LogP contribution in [-0.4, -0.2) is 38.3 Å². The second-order valence-electron chi connectivity index (χ2n) is 6.05. The lowest BCUT2D eigenvalue weighted by Gasteiger charge is -2.18. The molecule has 0 fully saturated rings. The lowest BCUT2D eigenvalue weighted by atomic mass is 9.94. The lowest BCUT2D eigenvalue weighted by molar-refractivity contribution is 0.0692. The Bertz CT molecular complexity index is 1010. The van der Waals surface area contributed by atoms with E-state index in [2.05, 4.69) is 0 Å². The zero-order valence-corrected chi connectivity index (χ0v) is 15.3. The molecule has 2 aromatic carbocycles. The number of phenols is 1. The fraction of sp³-hybridized carbons (Fsp3) is 0.211. The van der Waals surface area contributed by atoms with Gasteiger partial charge in [-0.1, -0.05) is 18.2 Å². The van der Waals surface area contributed by atoms with Crippen LogP contribution in [-0.2, 0) is 20.3 Å². The summed E-state index contributed by atoms with van der Waals surface area (Å²) in [5.41, 5.74) is 0.524. The molecule has 1 aliphatic rings. The number of carbonyl (C=O) groups is 1. The van der Waals surface area contributed by atoms with Crippen LogP contribution in [0.15, 0.2) is 53.6 Å². The summed E-state index contributed by atoms with van der Waals surface area (Å²) in [5.74, 6) is -2.06. The molecular weight excluding hydrogens is 372 g/mol. The van der Waals surface area contributed by atoms with Gasteiger partial charge in [0.2, 0.25) is 0 Å². The normalized spacial score (nSPS) is 16.1. The van der Waals surface area contributed by atoms with E-state index in [-0.39, 0.29) is 33.4 Å². The van der Waals surface area contributed by atoms with Crippen LogP contribution in [0.4, 0.5) is 0 Å². The Hall–Kier alpha value is -3.00. The number of ether oxygens (including phenoxy) is 2. The van der Waals surface area contributed by atoms with E-state index in [1.54, 1.807) is 12.1 Å². The molecule has 7 nitrogen and oxygen atoms in total. The molecule has 1 atom stereocenters. The van der Waals surface area contributed by atoms with Crippen molar-refractivity contribution < 1.29 is 32.9 Å². The van der Waals surface area contributed by atoms with Crippen molar-refractivity contribution in [2.45, 2.75) is 16.6 Å². The molecule has 0 aliphatic carbocycles. The quantitative estimate of drug-likeness (QED) is 0.780. The Kier molecular flexibility index (Phi) is 5.09. The Morgan fingerprint density at radius 2 is 2.07 bits per heavy atom. The first kappa shape index (κ1) is 18.8. The largest absolute Gasteiger partial charge is 0.508 e. The van der Waals surface area contributed by atoms with Crippen molar-refractivity contribution in [1.82, 2.24) is 0 Å². The number of benzene rings is 2. The molecule has 0 bridgehead atoms. The summed E-state index contributed by atoms with van der Waals surface area (Å²) in [5, 5.41) is 19.2. The molecule has 0 saturated heterocycles. The summed E-state index contributed by atoms with van der Waals surface area (Å²) in [4.78, 5) is 11.8. The van der Waals surface area contributed by atoms with Crippen molar-refractivity contribution in [2.24, 2.45) is 0 Å². The highest BCUT2D eigenvalue weighted by Gasteiger charge is 2.28. The lowest BCUT2D eigenvalue weighted by Crippen LogP contribution is -2.13. The zero-order chi connectivity index (χ0) is 19.6. The molecule has 0 amide bonds. The highest BCUT2D eigenvalue weighted by atomic mass is 32.2. The van der Waals surface area contributed by atoms with Crippen molar-refractivity contribution in [3.8, 4) is 11.5 Å². The number of aromatic hydroxyl groups is 1. The fourth-order valence-corrected chi connectivity index (χ4v) is 4.43. The van der Waals surface area contributed by atoms with Crippen LogP contribution < -0.4 is 4.74 Å². The van der Waals surface area contributed by atoms with Gasteiger partial charge < -0.3 is 19.7 Å². The van der Waals surface area contributed by atoms with E-state index in [4.69, 9.17) is 9.47 Å². The molecule has 1 unspecified atom stereocenters. The fourth-order valence-electron chi connectivity index (χ4n) is 3.03. The van der Waals surface area contributed by atoms with Crippen molar-refractivity contribution in [1.29, 1.82) is 0 Å². The Balaban J connectivity index is 2.07. The van der Waals surface area contributed by atoms with Gasteiger partial charge in [-0.25, -0.2) is 13.2 Å². The molecule has 1 heterocycles. The van der Waals surface area contributed by atoms with Gasteiger partial charge in [-0.15, -0.1) is 0 Å². The molecule has 2 N–H and O–H groups in total. The number of hydrogen-bond acceptors (Lipinski definition) is 6. The first-order valence-corrected chi connectivity index (χ1v) is 9.72. The predicted molar refractivity (Wildman–Crippen MR) is 96.8 cm³/mol. The van der Waals surface area contributed by atoms with Crippen molar-refractivity contribution in [2.75, 3.05) is 13.7 Å². The molecule has 142 valence electrons. The van der Waals surface area contributed by atoms with Crippen molar-refractivity contribution in [3.63, 3.8) is 0 Å². The summed E-state index contributed by atoms with van der Waals surface area (Å²) >= 11 is 0. The number of hydrogen-bond donors (Lipinski definition) is 2. The van der Waals surface area contributed by atoms with Crippen molar-refractivity contribution >= 4 is 15.8 Å². The van der Waals surface area contributed by atoms with Gasteiger partial charge in [-0.2, -0.15) is 0 Å². The van der Waals surface area contributed by atoms with Gasteiger partial charge in [-0.3, -0.25) is 0 Å². The second-order valence-corrected chi connectivity index (χ2v) is 8.04. The van der Waals surface area contributed by atoms with Crippen LogP contribution in [0.25, 0.3) is 0 Å². The van der Waals surface area contributed by atoms with Gasteiger partial charge in [-0.05, 0) is 29.8 Å². The number of carboxylic acids is 1. The summed E-state index contributed by atoms with van der Waals surface area (Å²) in [6.45, 7) is 0.357. The third-order valence-corrected chi connectivity index (χ3v) is 5.96. The first-order chi connectivity index (χ1) is 12.8.